The standard InChI is InChI=1S/C34H20N2S/c1-2-10-22-19-24(18-17-21(22)9-1)32-27-14-5-7-15-29(27)35-34(36-32)31-25-12-4-3-11-23(25)20-28-26-13-6-8-16-30(26)37-33(28)31/h1-20H. The highest BCUT2D eigenvalue weighted by molar-refractivity contribution is 7.26. The molecule has 6 aromatic carbocycles. The van der Waals surface area contributed by atoms with Gasteiger partial charge in [0.05, 0.1) is 11.2 Å². The Morgan fingerprint density at radius 2 is 1.19 bits per heavy atom. The number of para-hydroxylation sites is 1. The average Bonchev–Trinajstić information content (AvgIpc) is 3.33. The van der Waals surface area contributed by atoms with Crippen LogP contribution in [0.25, 0.3) is 75.3 Å². The molecule has 0 amide bonds. The molecule has 172 valence electrons. The third-order valence-electron chi connectivity index (χ3n) is 7.24. The molecule has 8 aromatic rings. The van der Waals surface area contributed by atoms with E-state index in [-0.39, 0.29) is 0 Å². The molecule has 2 nitrogen and oxygen atoms in total. The van der Waals surface area contributed by atoms with Gasteiger partial charge in [-0.3, -0.25) is 0 Å². The second-order valence-electron chi connectivity index (χ2n) is 9.42. The van der Waals surface area contributed by atoms with E-state index >= 15 is 0 Å². The van der Waals surface area contributed by atoms with Crippen molar-refractivity contribution in [2.75, 3.05) is 0 Å². The minimum atomic E-state index is 0.773. The SMILES string of the molecule is c1ccc2cc(-c3nc(-c4c5ccccc5cc5c4sc4ccccc45)nc4ccccc34)ccc2c1. The monoisotopic (exact) mass is 488 g/mol. The second-order valence-corrected chi connectivity index (χ2v) is 10.5. The molecule has 0 atom stereocenters. The Labute approximate surface area is 217 Å². The summed E-state index contributed by atoms with van der Waals surface area (Å²) < 4.78 is 2.52. The van der Waals surface area contributed by atoms with Gasteiger partial charge in [0.25, 0.3) is 0 Å². The van der Waals surface area contributed by atoms with Crippen LogP contribution in [-0.2, 0) is 0 Å². The number of hydrogen-bond donors (Lipinski definition) is 0. The van der Waals surface area contributed by atoms with Gasteiger partial charge in [-0.15, -0.1) is 11.3 Å². The molecule has 2 aromatic heterocycles. The number of rotatable bonds is 2. The van der Waals surface area contributed by atoms with Gasteiger partial charge in [0.1, 0.15) is 0 Å². The Balaban J connectivity index is 1.50. The molecule has 8 rings (SSSR count). The quantitative estimate of drug-likeness (QED) is 0.242. The molecule has 0 N–H and O–H groups in total. The number of thiophene rings is 1. The van der Waals surface area contributed by atoms with Crippen LogP contribution in [0.4, 0.5) is 0 Å². The number of hydrogen-bond acceptors (Lipinski definition) is 3. The van der Waals surface area contributed by atoms with E-state index in [1.54, 1.807) is 0 Å². The third kappa shape index (κ3) is 3.18. The summed E-state index contributed by atoms with van der Waals surface area (Å²) in [6.45, 7) is 0. The van der Waals surface area contributed by atoms with Gasteiger partial charge in [0, 0.05) is 36.7 Å². The molecule has 0 radical (unpaired) electrons. The third-order valence-corrected chi connectivity index (χ3v) is 8.44. The molecular weight excluding hydrogens is 468 g/mol. The van der Waals surface area contributed by atoms with E-state index in [4.69, 9.17) is 9.97 Å². The van der Waals surface area contributed by atoms with Gasteiger partial charge in [0.15, 0.2) is 5.82 Å². The largest absolute Gasteiger partial charge is 0.228 e. The zero-order valence-corrected chi connectivity index (χ0v) is 20.7. The topological polar surface area (TPSA) is 25.8 Å². The summed E-state index contributed by atoms with van der Waals surface area (Å²) >= 11 is 1.83. The number of nitrogens with zero attached hydrogens (tertiary/aromatic N) is 2. The molecule has 2 heterocycles. The number of benzene rings is 6. The molecule has 0 saturated carbocycles. The van der Waals surface area contributed by atoms with E-state index < -0.39 is 0 Å². The van der Waals surface area contributed by atoms with Gasteiger partial charge in [-0.1, -0.05) is 97.1 Å². The van der Waals surface area contributed by atoms with E-state index in [1.807, 2.05) is 11.3 Å². The van der Waals surface area contributed by atoms with Gasteiger partial charge >= 0.3 is 0 Å². The number of fused-ring (bicyclic) bond motifs is 6. The first-order valence-electron chi connectivity index (χ1n) is 12.4. The summed E-state index contributed by atoms with van der Waals surface area (Å²) in [4.78, 5) is 10.5. The summed E-state index contributed by atoms with van der Waals surface area (Å²) in [5.41, 5.74) is 4.14. The first kappa shape index (κ1) is 20.6. The summed E-state index contributed by atoms with van der Waals surface area (Å²) in [6, 6.07) is 43.0. The minimum Gasteiger partial charge on any atom is -0.228 e. The maximum absolute atomic E-state index is 5.31. The molecule has 0 fully saturated rings. The summed E-state index contributed by atoms with van der Waals surface area (Å²) in [5.74, 6) is 0.773. The lowest BCUT2D eigenvalue weighted by atomic mass is 9.98. The maximum Gasteiger partial charge on any atom is 0.162 e. The van der Waals surface area contributed by atoms with Crippen LogP contribution in [0.5, 0.6) is 0 Å². The van der Waals surface area contributed by atoms with E-state index in [1.165, 1.54) is 41.7 Å². The van der Waals surface area contributed by atoms with Crippen molar-refractivity contribution in [3.63, 3.8) is 0 Å². The molecule has 0 spiro atoms. The van der Waals surface area contributed by atoms with Crippen molar-refractivity contribution in [2.24, 2.45) is 0 Å². The van der Waals surface area contributed by atoms with Crippen molar-refractivity contribution >= 4 is 64.0 Å². The van der Waals surface area contributed by atoms with Crippen molar-refractivity contribution < 1.29 is 0 Å². The Morgan fingerprint density at radius 3 is 2.08 bits per heavy atom. The van der Waals surface area contributed by atoms with Gasteiger partial charge < -0.3 is 0 Å². The van der Waals surface area contributed by atoms with Crippen molar-refractivity contribution in [1.29, 1.82) is 0 Å². The normalized spacial score (nSPS) is 11.8. The molecule has 0 bridgehead atoms. The highest BCUT2D eigenvalue weighted by atomic mass is 32.1. The average molecular weight is 489 g/mol. The maximum atomic E-state index is 5.31. The Kier molecular flexibility index (Phi) is 4.42. The Morgan fingerprint density at radius 1 is 0.486 bits per heavy atom. The van der Waals surface area contributed by atoms with Gasteiger partial charge in [-0.2, -0.15) is 0 Å². The molecule has 37 heavy (non-hydrogen) atoms. The lowest BCUT2D eigenvalue weighted by molar-refractivity contribution is 1.24. The summed E-state index contributed by atoms with van der Waals surface area (Å²) in [5, 5.41) is 8.43. The van der Waals surface area contributed by atoms with Crippen LogP contribution < -0.4 is 0 Å². The zero-order valence-electron chi connectivity index (χ0n) is 19.8. The Hall–Kier alpha value is -4.60. The van der Waals surface area contributed by atoms with Crippen LogP contribution in [0.2, 0.25) is 0 Å². The summed E-state index contributed by atoms with van der Waals surface area (Å²) in [7, 11) is 0. The molecule has 0 saturated heterocycles. The van der Waals surface area contributed by atoms with Crippen LogP contribution in [0, 0.1) is 0 Å². The van der Waals surface area contributed by atoms with Crippen LogP contribution >= 0.6 is 11.3 Å². The molecule has 0 aliphatic heterocycles. The van der Waals surface area contributed by atoms with E-state index in [9.17, 15) is 0 Å². The molecule has 0 aliphatic rings. The van der Waals surface area contributed by atoms with Gasteiger partial charge in [-0.25, -0.2) is 9.97 Å². The number of aromatic nitrogens is 2. The highest BCUT2D eigenvalue weighted by Gasteiger charge is 2.19. The van der Waals surface area contributed by atoms with Crippen molar-refractivity contribution in [2.45, 2.75) is 0 Å². The molecule has 3 heteroatoms. The predicted molar refractivity (Wildman–Crippen MR) is 158 cm³/mol. The fraction of sp³-hybridized carbons (Fsp3) is 0. The first-order chi connectivity index (χ1) is 18.3. The van der Waals surface area contributed by atoms with Crippen LogP contribution in [0.1, 0.15) is 0 Å². The minimum absolute atomic E-state index is 0.773. The van der Waals surface area contributed by atoms with Crippen molar-refractivity contribution in [3.05, 3.63) is 121 Å². The fourth-order valence-corrected chi connectivity index (χ4v) is 6.73. The van der Waals surface area contributed by atoms with Crippen LogP contribution in [-0.4, -0.2) is 9.97 Å². The van der Waals surface area contributed by atoms with Gasteiger partial charge in [0.2, 0.25) is 0 Å². The summed E-state index contributed by atoms with van der Waals surface area (Å²) in [6.07, 6.45) is 0. The van der Waals surface area contributed by atoms with Crippen molar-refractivity contribution in [3.8, 4) is 22.6 Å². The van der Waals surface area contributed by atoms with Gasteiger partial charge in [-0.05, 0) is 45.8 Å². The fourth-order valence-electron chi connectivity index (χ4n) is 5.49. The first-order valence-corrected chi connectivity index (χ1v) is 13.2. The predicted octanol–water partition coefficient (Wildman–Crippen LogP) is 9.64. The van der Waals surface area contributed by atoms with E-state index in [2.05, 4.69) is 121 Å². The lowest BCUT2D eigenvalue weighted by Gasteiger charge is -2.13. The van der Waals surface area contributed by atoms with Crippen LogP contribution in [0.15, 0.2) is 121 Å². The highest BCUT2D eigenvalue weighted by Crippen LogP contribution is 2.44. The van der Waals surface area contributed by atoms with Crippen LogP contribution in [0.3, 0.4) is 0 Å². The lowest BCUT2D eigenvalue weighted by Crippen LogP contribution is -1.96. The second kappa shape index (κ2) is 7.95. The van der Waals surface area contributed by atoms with E-state index in [0.29, 0.717) is 0 Å². The Bertz CT molecular complexity index is 2160. The molecule has 0 aliphatic carbocycles. The van der Waals surface area contributed by atoms with Crippen molar-refractivity contribution in [1.82, 2.24) is 9.97 Å². The smallest absolute Gasteiger partial charge is 0.162 e. The molecule has 0 unspecified atom stereocenters. The van der Waals surface area contributed by atoms with E-state index in [0.717, 1.165) is 33.5 Å². The molecular formula is C34H20N2S. The zero-order chi connectivity index (χ0) is 24.3.